The van der Waals surface area contributed by atoms with Crippen LogP contribution in [0.15, 0.2) is 36.7 Å². The van der Waals surface area contributed by atoms with Crippen LogP contribution in [0.5, 0.6) is 0 Å². The standard InChI is InChI=1S/C21H28F3N5O2/c1-15(19(30)27(3)17-7-9-26(2)10-8-17)25-20(31)29-12-11-28(14-29)18-6-4-5-16(13-18)21(22,23)24/h4-6,11-13,15,17H,7-10,14H2,1-3H3,(H,25,31)/t15-/m0/s1. The number of piperidine rings is 1. The lowest BCUT2D eigenvalue weighted by molar-refractivity contribution is -0.137. The van der Waals surface area contributed by atoms with Crippen molar-refractivity contribution >= 4 is 17.6 Å². The van der Waals surface area contributed by atoms with Gasteiger partial charge in [0.1, 0.15) is 12.7 Å². The van der Waals surface area contributed by atoms with Crippen LogP contribution in [-0.2, 0) is 11.0 Å². The van der Waals surface area contributed by atoms with Gasteiger partial charge in [0.05, 0.1) is 5.56 Å². The number of amides is 3. The van der Waals surface area contributed by atoms with Gasteiger partial charge in [-0.3, -0.25) is 9.69 Å². The Labute approximate surface area is 180 Å². The number of hydrogen-bond donors (Lipinski definition) is 1. The molecule has 0 unspecified atom stereocenters. The largest absolute Gasteiger partial charge is 0.416 e. The SMILES string of the molecule is C[C@H](NC(=O)N1C=CN(c2cccc(C(F)(F)F)c2)C1)C(=O)N(C)C1CCN(C)CC1. The molecule has 0 bridgehead atoms. The van der Waals surface area contributed by atoms with Crippen LogP contribution in [-0.4, -0.2) is 72.6 Å². The molecule has 10 heteroatoms. The summed E-state index contributed by atoms with van der Waals surface area (Å²) in [6.45, 7) is 3.54. The molecular formula is C21H28F3N5O2. The van der Waals surface area contributed by atoms with Gasteiger partial charge in [-0.25, -0.2) is 4.79 Å². The summed E-state index contributed by atoms with van der Waals surface area (Å²) in [6, 6.07) is 3.86. The minimum Gasteiger partial charge on any atom is -0.341 e. The highest BCUT2D eigenvalue weighted by Crippen LogP contribution is 2.32. The Balaban J connectivity index is 1.54. The lowest BCUT2D eigenvalue weighted by atomic mass is 10.0. The van der Waals surface area contributed by atoms with Gasteiger partial charge in [-0.2, -0.15) is 13.2 Å². The quantitative estimate of drug-likeness (QED) is 0.784. The Hall–Kier alpha value is -2.75. The van der Waals surface area contributed by atoms with Crippen molar-refractivity contribution in [3.05, 3.63) is 42.2 Å². The fourth-order valence-electron chi connectivity index (χ4n) is 3.78. The van der Waals surface area contributed by atoms with E-state index in [1.807, 2.05) is 7.05 Å². The molecule has 0 radical (unpaired) electrons. The van der Waals surface area contributed by atoms with Gasteiger partial charge < -0.3 is 20.0 Å². The van der Waals surface area contributed by atoms with Gasteiger partial charge >= 0.3 is 12.2 Å². The molecule has 2 aliphatic rings. The van der Waals surface area contributed by atoms with Crippen molar-refractivity contribution in [2.45, 2.75) is 38.0 Å². The number of likely N-dealkylation sites (N-methyl/N-ethyl adjacent to an activating group) is 1. The highest BCUT2D eigenvalue weighted by molar-refractivity contribution is 5.87. The normalized spacial score (nSPS) is 18.9. The highest BCUT2D eigenvalue weighted by Gasteiger charge is 2.32. The number of rotatable bonds is 4. The van der Waals surface area contributed by atoms with Crippen molar-refractivity contribution in [3.8, 4) is 0 Å². The third kappa shape index (κ3) is 5.49. The number of nitrogens with one attached hydrogen (secondary N) is 1. The Morgan fingerprint density at radius 2 is 1.87 bits per heavy atom. The molecule has 0 spiro atoms. The molecule has 2 aliphatic heterocycles. The monoisotopic (exact) mass is 439 g/mol. The summed E-state index contributed by atoms with van der Waals surface area (Å²) in [4.78, 5) is 32.1. The fraction of sp³-hybridized carbons (Fsp3) is 0.524. The number of urea groups is 1. The van der Waals surface area contributed by atoms with Crippen molar-refractivity contribution in [2.24, 2.45) is 0 Å². The maximum absolute atomic E-state index is 12.9. The van der Waals surface area contributed by atoms with Gasteiger partial charge in [0.15, 0.2) is 0 Å². The molecule has 1 aromatic rings. The zero-order chi connectivity index (χ0) is 22.8. The van der Waals surface area contributed by atoms with E-state index < -0.39 is 23.8 Å². The topological polar surface area (TPSA) is 59.1 Å². The van der Waals surface area contributed by atoms with Crippen LogP contribution in [0.25, 0.3) is 0 Å². The minimum atomic E-state index is -4.44. The minimum absolute atomic E-state index is 0.0544. The number of benzene rings is 1. The van der Waals surface area contributed by atoms with E-state index in [4.69, 9.17) is 0 Å². The fourth-order valence-corrected chi connectivity index (χ4v) is 3.78. The third-order valence-corrected chi connectivity index (χ3v) is 5.79. The molecule has 7 nitrogen and oxygen atoms in total. The first kappa shape index (κ1) is 22.9. The zero-order valence-corrected chi connectivity index (χ0v) is 17.9. The summed E-state index contributed by atoms with van der Waals surface area (Å²) in [6.07, 6.45) is 0.353. The molecule has 1 N–H and O–H groups in total. The summed E-state index contributed by atoms with van der Waals surface area (Å²) in [5, 5.41) is 2.69. The lowest BCUT2D eigenvalue weighted by Crippen LogP contribution is -2.53. The van der Waals surface area contributed by atoms with E-state index in [9.17, 15) is 22.8 Å². The lowest BCUT2D eigenvalue weighted by Gasteiger charge is -2.36. The molecule has 170 valence electrons. The third-order valence-electron chi connectivity index (χ3n) is 5.79. The summed E-state index contributed by atoms with van der Waals surface area (Å²) >= 11 is 0. The molecule has 2 heterocycles. The second kappa shape index (κ2) is 9.17. The van der Waals surface area contributed by atoms with E-state index in [0.717, 1.165) is 38.1 Å². The average molecular weight is 439 g/mol. The Morgan fingerprint density at radius 1 is 1.19 bits per heavy atom. The van der Waals surface area contributed by atoms with Gasteiger partial charge in [-0.15, -0.1) is 0 Å². The number of carbonyl (C=O) groups is 2. The zero-order valence-electron chi connectivity index (χ0n) is 17.9. The molecule has 1 aromatic carbocycles. The molecule has 0 aromatic heterocycles. The number of likely N-dealkylation sites (tertiary alicyclic amines) is 1. The highest BCUT2D eigenvalue weighted by atomic mass is 19.4. The number of hydrogen-bond acceptors (Lipinski definition) is 4. The first-order valence-electron chi connectivity index (χ1n) is 10.2. The number of nitrogens with zero attached hydrogens (tertiary/aromatic N) is 4. The van der Waals surface area contributed by atoms with Crippen molar-refractivity contribution < 1.29 is 22.8 Å². The van der Waals surface area contributed by atoms with Crippen LogP contribution >= 0.6 is 0 Å². The van der Waals surface area contributed by atoms with Crippen molar-refractivity contribution in [2.75, 3.05) is 38.8 Å². The van der Waals surface area contributed by atoms with E-state index in [0.29, 0.717) is 5.69 Å². The van der Waals surface area contributed by atoms with Crippen LogP contribution in [0, 0.1) is 0 Å². The van der Waals surface area contributed by atoms with E-state index in [2.05, 4.69) is 10.2 Å². The van der Waals surface area contributed by atoms with Crippen molar-refractivity contribution in [3.63, 3.8) is 0 Å². The van der Waals surface area contributed by atoms with E-state index in [1.165, 1.54) is 28.3 Å². The second-order valence-electron chi connectivity index (χ2n) is 8.08. The van der Waals surface area contributed by atoms with E-state index in [-0.39, 0.29) is 18.6 Å². The molecule has 1 fully saturated rings. The number of halogens is 3. The van der Waals surface area contributed by atoms with Crippen LogP contribution in [0.3, 0.4) is 0 Å². The van der Waals surface area contributed by atoms with E-state index in [1.54, 1.807) is 24.9 Å². The summed E-state index contributed by atoms with van der Waals surface area (Å²) in [5.41, 5.74) is -0.426. The summed E-state index contributed by atoms with van der Waals surface area (Å²) in [5.74, 6) is -0.166. The first-order valence-corrected chi connectivity index (χ1v) is 10.2. The Kier molecular flexibility index (Phi) is 6.78. The van der Waals surface area contributed by atoms with E-state index >= 15 is 0 Å². The smallest absolute Gasteiger partial charge is 0.341 e. The summed E-state index contributed by atoms with van der Waals surface area (Å²) < 4.78 is 38.8. The molecule has 3 rings (SSSR count). The van der Waals surface area contributed by atoms with Crippen LogP contribution in [0.2, 0.25) is 0 Å². The number of anilines is 1. The second-order valence-corrected chi connectivity index (χ2v) is 8.08. The van der Waals surface area contributed by atoms with Gasteiger partial charge in [0.25, 0.3) is 0 Å². The molecule has 31 heavy (non-hydrogen) atoms. The van der Waals surface area contributed by atoms with Crippen LogP contribution in [0.4, 0.5) is 23.7 Å². The molecule has 0 saturated carbocycles. The predicted octanol–water partition coefficient (Wildman–Crippen LogP) is 2.91. The maximum Gasteiger partial charge on any atom is 0.416 e. The number of carbonyl (C=O) groups excluding carboxylic acids is 2. The Bertz CT molecular complexity index is 837. The predicted molar refractivity (Wildman–Crippen MR) is 111 cm³/mol. The van der Waals surface area contributed by atoms with Gasteiger partial charge in [-0.05, 0) is 58.1 Å². The molecule has 0 aliphatic carbocycles. The van der Waals surface area contributed by atoms with Gasteiger partial charge in [0, 0.05) is 31.2 Å². The maximum atomic E-state index is 12.9. The van der Waals surface area contributed by atoms with Gasteiger partial charge in [0.2, 0.25) is 5.91 Å². The first-order chi connectivity index (χ1) is 14.6. The molecule has 1 saturated heterocycles. The molecule has 1 atom stereocenters. The van der Waals surface area contributed by atoms with Crippen LogP contribution < -0.4 is 10.2 Å². The van der Waals surface area contributed by atoms with Gasteiger partial charge in [-0.1, -0.05) is 6.07 Å². The molecule has 3 amide bonds. The average Bonchev–Trinajstić information content (AvgIpc) is 3.23. The van der Waals surface area contributed by atoms with Crippen molar-refractivity contribution in [1.82, 2.24) is 20.0 Å². The number of alkyl halides is 3. The molecular weight excluding hydrogens is 411 g/mol. The van der Waals surface area contributed by atoms with Crippen molar-refractivity contribution in [1.29, 1.82) is 0 Å². The summed E-state index contributed by atoms with van der Waals surface area (Å²) in [7, 11) is 3.80. The van der Waals surface area contributed by atoms with Crippen LogP contribution in [0.1, 0.15) is 25.3 Å². The Morgan fingerprint density at radius 3 is 2.52 bits per heavy atom.